The number of hydrogen-bond acceptors (Lipinski definition) is 6. The van der Waals surface area contributed by atoms with Crippen LogP contribution in [0.15, 0.2) is 53.7 Å². The van der Waals surface area contributed by atoms with Gasteiger partial charge in [0.15, 0.2) is 9.84 Å². The number of nitriles is 1. The molecule has 0 aliphatic heterocycles. The van der Waals surface area contributed by atoms with Gasteiger partial charge in [-0.1, -0.05) is 0 Å². The number of sulfone groups is 1. The number of hydrogen-bond donors (Lipinski definition) is 1. The van der Waals surface area contributed by atoms with E-state index in [1.165, 1.54) is 19.2 Å². The molecule has 30 heavy (non-hydrogen) atoms. The molecule has 0 saturated carbocycles. The van der Waals surface area contributed by atoms with E-state index in [1.807, 2.05) is 0 Å². The highest BCUT2D eigenvalue weighted by atomic mass is 32.2. The Kier molecular flexibility index (Phi) is 5.89. The smallest absolute Gasteiger partial charge is 0.222 e. The van der Waals surface area contributed by atoms with Crippen molar-refractivity contribution < 1.29 is 17.6 Å². The maximum Gasteiger partial charge on any atom is 0.222 e. The summed E-state index contributed by atoms with van der Waals surface area (Å²) < 4.78 is 39.8. The molecule has 7 nitrogen and oxygen atoms in total. The Morgan fingerprint density at radius 3 is 2.60 bits per heavy atom. The van der Waals surface area contributed by atoms with Crippen LogP contribution in [0.4, 0.5) is 10.2 Å². The third-order valence-electron chi connectivity index (χ3n) is 4.33. The highest BCUT2D eigenvalue weighted by Gasteiger charge is 2.22. The summed E-state index contributed by atoms with van der Waals surface area (Å²) in [5.41, 5.74) is 2.25. The number of amides is 1. The summed E-state index contributed by atoms with van der Waals surface area (Å²) in [6, 6.07) is 10.0. The molecule has 0 unspecified atom stereocenters. The summed E-state index contributed by atoms with van der Waals surface area (Å²) in [5.74, 6) is -1.33. The Bertz CT molecular complexity index is 1280. The number of rotatable bonds is 5. The van der Waals surface area contributed by atoms with Crippen LogP contribution in [0, 0.1) is 24.1 Å². The van der Waals surface area contributed by atoms with Crippen molar-refractivity contribution in [3.63, 3.8) is 0 Å². The number of anilines is 1. The van der Waals surface area contributed by atoms with Crippen molar-refractivity contribution in [3.05, 3.63) is 71.4 Å². The van der Waals surface area contributed by atoms with E-state index in [9.17, 15) is 17.6 Å². The summed E-state index contributed by atoms with van der Waals surface area (Å²) in [7, 11) is -4.01. The lowest BCUT2D eigenvalue weighted by Gasteiger charge is -2.11. The van der Waals surface area contributed by atoms with E-state index >= 15 is 0 Å². The van der Waals surface area contributed by atoms with E-state index in [2.05, 4.69) is 15.3 Å². The van der Waals surface area contributed by atoms with Crippen molar-refractivity contribution in [1.29, 1.82) is 5.26 Å². The Morgan fingerprint density at radius 1 is 1.17 bits per heavy atom. The molecule has 152 valence electrons. The zero-order chi connectivity index (χ0) is 21.9. The molecule has 1 aromatic carbocycles. The number of carbonyl (C=O) groups excluding carboxylic acids is 1. The van der Waals surface area contributed by atoms with Crippen LogP contribution in [-0.2, 0) is 20.4 Å². The molecule has 0 spiro atoms. The molecule has 0 aliphatic rings. The molecule has 1 amide bonds. The fourth-order valence-electron chi connectivity index (χ4n) is 2.85. The van der Waals surface area contributed by atoms with Crippen LogP contribution in [0.5, 0.6) is 0 Å². The number of aryl methyl sites for hydroxylation is 1. The lowest BCUT2D eigenvalue weighted by Crippen LogP contribution is -2.09. The van der Waals surface area contributed by atoms with Crippen molar-refractivity contribution >= 4 is 21.6 Å². The zero-order valence-electron chi connectivity index (χ0n) is 16.2. The summed E-state index contributed by atoms with van der Waals surface area (Å²) in [4.78, 5) is 19.1. The first-order chi connectivity index (χ1) is 14.2. The Morgan fingerprint density at radius 2 is 1.93 bits per heavy atom. The number of halogens is 1. The number of benzene rings is 1. The molecule has 0 atom stereocenters. The number of pyridine rings is 2. The van der Waals surface area contributed by atoms with Crippen molar-refractivity contribution in [2.45, 2.75) is 24.5 Å². The first-order valence-electron chi connectivity index (χ1n) is 8.81. The van der Waals surface area contributed by atoms with Crippen LogP contribution in [0.1, 0.15) is 23.7 Å². The quantitative estimate of drug-likeness (QED) is 0.672. The second kappa shape index (κ2) is 8.39. The molecule has 0 fully saturated rings. The molecule has 9 heteroatoms. The van der Waals surface area contributed by atoms with Crippen LogP contribution in [-0.4, -0.2) is 24.3 Å². The topological polar surface area (TPSA) is 113 Å². The molecule has 2 aromatic heterocycles. The monoisotopic (exact) mass is 424 g/mol. The SMILES string of the molecule is CC(=O)Nc1cc(-c2cnc(C)c(CS(=O)(=O)c3ccc(C#N)cc3F)c2)ccn1. The zero-order valence-corrected chi connectivity index (χ0v) is 17.0. The number of carbonyl (C=O) groups is 1. The first kappa shape index (κ1) is 21.1. The van der Waals surface area contributed by atoms with Crippen LogP contribution in [0.2, 0.25) is 0 Å². The molecule has 1 N–H and O–H groups in total. The molecule has 2 heterocycles. The highest BCUT2D eigenvalue weighted by Crippen LogP contribution is 2.26. The van der Waals surface area contributed by atoms with E-state index in [1.54, 1.807) is 37.4 Å². The van der Waals surface area contributed by atoms with Gasteiger partial charge in [-0.2, -0.15) is 5.26 Å². The van der Waals surface area contributed by atoms with Crippen LogP contribution in [0.3, 0.4) is 0 Å². The molecular formula is C21H17FN4O3S. The summed E-state index contributed by atoms with van der Waals surface area (Å²) in [5, 5.41) is 11.4. The maximum atomic E-state index is 14.2. The number of nitrogens with zero attached hydrogens (tertiary/aromatic N) is 3. The van der Waals surface area contributed by atoms with Gasteiger partial charge in [-0.15, -0.1) is 0 Å². The highest BCUT2D eigenvalue weighted by molar-refractivity contribution is 7.90. The Labute approximate surface area is 173 Å². The predicted molar refractivity (Wildman–Crippen MR) is 109 cm³/mol. The molecule has 0 saturated heterocycles. The minimum Gasteiger partial charge on any atom is -0.311 e. The van der Waals surface area contributed by atoms with Gasteiger partial charge in [-0.05, 0) is 54.4 Å². The van der Waals surface area contributed by atoms with E-state index in [0.29, 0.717) is 28.2 Å². The minimum absolute atomic E-state index is 0.0407. The van der Waals surface area contributed by atoms with Gasteiger partial charge in [-0.25, -0.2) is 17.8 Å². The van der Waals surface area contributed by atoms with Gasteiger partial charge in [0.1, 0.15) is 16.5 Å². The third kappa shape index (κ3) is 4.67. The van der Waals surface area contributed by atoms with Gasteiger partial charge in [0.2, 0.25) is 5.91 Å². The number of nitrogens with one attached hydrogen (secondary N) is 1. The molecular weight excluding hydrogens is 407 g/mol. The van der Waals surface area contributed by atoms with Gasteiger partial charge < -0.3 is 5.32 Å². The van der Waals surface area contributed by atoms with E-state index in [0.717, 1.165) is 12.1 Å². The van der Waals surface area contributed by atoms with Crippen molar-refractivity contribution in [2.75, 3.05) is 5.32 Å². The van der Waals surface area contributed by atoms with Crippen LogP contribution >= 0.6 is 0 Å². The third-order valence-corrected chi connectivity index (χ3v) is 6.02. The van der Waals surface area contributed by atoms with Crippen LogP contribution < -0.4 is 5.32 Å². The van der Waals surface area contributed by atoms with E-state index in [-0.39, 0.29) is 11.5 Å². The second-order valence-electron chi connectivity index (χ2n) is 6.60. The van der Waals surface area contributed by atoms with E-state index < -0.39 is 26.3 Å². The van der Waals surface area contributed by atoms with Crippen molar-refractivity contribution in [1.82, 2.24) is 9.97 Å². The molecule has 3 rings (SSSR count). The molecule has 0 bridgehead atoms. The molecule has 0 radical (unpaired) electrons. The average Bonchev–Trinajstić information content (AvgIpc) is 2.69. The fraction of sp³-hybridized carbons (Fsp3) is 0.143. The minimum atomic E-state index is -4.01. The van der Waals surface area contributed by atoms with E-state index in [4.69, 9.17) is 5.26 Å². The number of aromatic nitrogens is 2. The fourth-order valence-corrected chi connectivity index (χ4v) is 4.34. The lowest BCUT2D eigenvalue weighted by atomic mass is 10.1. The van der Waals surface area contributed by atoms with Gasteiger partial charge in [0.25, 0.3) is 0 Å². The second-order valence-corrected chi connectivity index (χ2v) is 8.55. The largest absolute Gasteiger partial charge is 0.311 e. The predicted octanol–water partition coefficient (Wildman–Crippen LogP) is 3.40. The average molecular weight is 424 g/mol. The summed E-state index contributed by atoms with van der Waals surface area (Å²) >= 11 is 0. The van der Waals surface area contributed by atoms with Gasteiger partial charge >= 0.3 is 0 Å². The summed E-state index contributed by atoms with van der Waals surface area (Å²) in [6.45, 7) is 3.03. The van der Waals surface area contributed by atoms with Gasteiger partial charge in [0, 0.05) is 30.6 Å². The molecule has 0 aliphatic carbocycles. The normalized spacial score (nSPS) is 11.0. The van der Waals surface area contributed by atoms with Crippen LogP contribution in [0.25, 0.3) is 11.1 Å². The first-order valence-corrected chi connectivity index (χ1v) is 10.5. The van der Waals surface area contributed by atoms with Gasteiger partial charge in [-0.3, -0.25) is 9.78 Å². The maximum absolute atomic E-state index is 14.2. The van der Waals surface area contributed by atoms with Crippen molar-refractivity contribution in [2.24, 2.45) is 0 Å². The Hall–Kier alpha value is -3.64. The lowest BCUT2D eigenvalue weighted by molar-refractivity contribution is -0.114. The standard InChI is InChI=1S/C21H17FN4O3S/c1-13-18(12-30(28,29)20-4-3-15(10-23)7-19(20)22)8-17(11-25-13)16-5-6-24-21(9-16)26-14(2)27/h3-9,11H,12H2,1-2H3,(H,24,26,27). The Balaban J connectivity index is 1.96. The van der Waals surface area contributed by atoms with Gasteiger partial charge in [0.05, 0.1) is 17.4 Å². The molecule has 3 aromatic rings. The van der Waals surface area contributed by atoms with Crippen molar-refractivity contribution in [3.8, 4) is 17.2 Å². The summed E-state index contributed by atoms with van der Waals surface area (Å²) in [6.07, 6.45) is 3.10.